The Morgan fingerprint density at radius 1 is 1.40 bits per heavy atom. The number of rotatable bonds is 4. The normalized spacial score (nSPS) is 15.0. The highest BCUT2D eigenvalue weighted by molar-refractivity contribution is 6.31. The molecule has 0 radical (unpaired) electrons. The van der Waals surface area contributed by atoms with Crippen LogP contribution >= 0.6 is 11.6 Å². The molecule has 1 aromatic rings. The molecule has 4 N–H and O–H groups in total. The van der Waals surface area contributed by atoms with Gasteiger partial charge < -0.3 is 15.9 Å². The topological polar surface area (TPSA) is 66.5 Å². The van der Waals surface area contributed by atoms with Crippen LogP contribution in [0.2, 0.25) is 5.02 Å². The number of aliphatic hydroxyl groups excluding tert-OH is 2. The van der Waals surface area contributed by atoms with Crippen LogP contribution in [0.15, 0.2) is 18.2 Å². The van der Waals surface area contributed by atoms with Crippen molar-refractivity contribution in [2.24, 2.45) is 5.73 Å². The van der Waals surface area contributed by atoms with E-state index in [-0.39, 0.29) is 23.6 Å². The first-order valence-corrected chi connectivity index (χ1v) is 4.95. The van der Waals surface area contributed by atoms with Crippen LogP contribution < -0.4 is 5.73 Å². The van der Waals surface area contributed by atoms with E-state index >= 15 is 0 Å². The smallest absolute Gasteiger partial charge is 0.130 e. The summed E-state index contributed by atoms with van der Waals surface area (Å²) in [5.41, 5.74) is 5.14. The molecule has 0 heterocycles. The molecule has 3 nitrogen and oxygen atoms in total. The summed E-state index contributed by atoms with van der Waals surface area (Å²) in [6.45, 7) is 0.213. The van der Waals surface area contributed by atoms with Crippen molar-refractivity contribution in [3.8, 4) is 0 Å². The maximum atomic E-state index is 13.3. The minimum atomic E-state index is -1.35. The minimum Gasteiger partial charge on any atom is -0.390 e. The molecule has 0 aromatic heterocycles. The largest absolute Gasteiger partial charge is 0.390 e. The second kappa shape index (κ2) is 5.42. The molecule has 0 saturated heterocycles. The molecule has 0 aliphatic carbocycles. The third-order valence-electron chi connectivity index (χ3n) is 2.12. The first-order chi connectivity index (χ1) is 7.07. The molecule has 2 atom stereocenters. The molecule has 0 amide bonds. The SMILES string of the molecule is NCCC(O)C(O)c1c(F)cccc1Cl. The summed E-state index contributed by atoms with van der Waals surface area (Å²) in [7, 11) is 0. The lowest BCUT2D eigenvalue weighted by molar-refractivity contribution is 0.0130. The predicted octanol–water partition coefficient (Wildman–Crippen LogP) is 1.22. The van der Waals surface area contributed by atoms with Gasteiger partial charge >= 0.3 is 0 Å². The van der Waals surface area contributed by atoms with Crippen molar-refractivity contribution in [1.29, 1.82) is 0 Å². The predicted molar refractivity (Wildman–Crippen MR) is 56.0 cm³/mol. The van der Waals surface area contributed by atoms with Crippen molar-refractivity contribution in [2.45, 2.75) is 18.6 Å². The van der Waals surface area contributed by atoms with E-state index in [1.807, 2.05) is 0 Å². The van der Waals surface area contributed by atoms with Gasteiger partial charge in [-0.15, -0.1) is 0 Å². The van der Waals surface area contributed by atoms with Gasteiger partial charge in [0, 0.05) is 10.6 Å². The highest BCUT2D eigenvalue weighted by atomic mass is 35.5. The number of hydrogen-bond acceptors (Lipinski definition) is 3. The Hall–Kier alpha value is -0.680. The molecular weight excluding hydrogens is 221 g/mol. The summed E-state index contributed by atoms with van der Waals surface area (Å²) in [6, 6.07) is 4.07. The molecule has 0 saturated carbocycles. The van der Waals surface area contributed by atoms with Crippen LogP contribution in [0.1, 0.15) is 18.1 Å². The second-order valence-electron chi connectivity index (χ2n) is 3.22. The van der Waals surface area contributed by atoms with Crippen molar-refractivity contribution in [3.05, 3.63) is 34.6 Å². The van der Waals surface area contributed by atoms with Gasteiger partial charge in [0.2, 0.25) is 0 Å². The zero-order valence-corrected chi connectivity index (χ0v) is 8.78. The van der Waals surface area contributed by atoms with Crippen LogP contribution in [-0.2, 0) is 0 Å². The van der Waals surface area contributed by atoms with E-state index in [0.29, 0.717) is 0 Å². The standard InChI is InChI=1S/C10H13ClFNO2/c11-6-2-1-3-7(12)9(6)10(15)8(14)4-5-13/h1-3,8,10,14-15H,4-5,13H2. The molecule has 0 bridgehead atoms. The fourth-order valence-electron chi connectivity index (χ4n) is 1.31. The van der Waals surface area contributed by atoms with Crippen LogP contribution in [0, 0.1) is 5.82 Å². The summed E-state index contributed by atoms with van der Waals surface area (Å²) >= 11 is 5.73. The van der Waals surface area contributed by atoms with E-state index in [1.54, 1.807) is 0 Å². The highest BCUT2D eigenvalue weighted by Crippen LogP contribution is 2.28. The van der Waals surface area contributed by atoms with Crippen LogP contribution in [0.3, 0.4) is 0 Å². The zero-order chi connectivity index (χ0) is 11.4. The first-order valence-electron chi connectivity index (χ1n) is 4.58. The molecule has 0 aliphatic rings. The second-order valence-corrected chi connectivity index (χ2v) is 3.63. The van der Waals surface area contributed by atoms with Gasteiger partial charge in [0.05, 0.1) is 6.10 Å². The third kappa shape index (κ3) is 2.89. The number of hydrogen-bond donors (Lipinski definition) is 3. The Morgan fingerprint density at radius 3 is 2.60 bits per heavy atom. The van der Waals surface area contributed by atoms with Gasteiger partial charge in [-0.1, -0.05) is 17.7 Å². The summed E-state index contributed by atoms with van der Waals surface area (Å²) in [6.07, 6.45) is -2.27. The lowest BCUT2D eigenvalue weighted by atomic mass is 10.0. The quantitative estimate of drug-likeness (QED) is 0.733. The molecule has 0 spiro atoms. The Kier molecular flexibility index (Phi) is 4.47. The molecule has 2 unspecified atom stereocenters. The molecule has 15 heavy (non-hydrogen) atoms. The van der Waals surface area contributed by atoms with Crippen molar-refractivity contribution >= 4 is 11.6 Å². The van der Waals surface area contributed by atoms with E-state index in [2.05, 4.69) is 0 Å². The van der Waals surface area contributed by atoms with Gasteiger partial charge in [0.25, 0.3) is 0 Å². The number of benzene rings is 1. The number of nitrogens with two attached hydrogens (primary N) is 1. The minimum absolute atomic E-state index is 0.0832. The van der Waals surface area contributed by atoms with Gasteiger partial charge in [-0.25, -0.2) is 4.39 Å². The van der Waals surface area contributed by atoms with Gasteiger partial charge in [-0.3, -0.25) is 0 Å². The van der Waals surface area contributed by atoms with Crippen molar-refractivity contribution in [3.63, 3.8) is 0 Å². The fourth-order valence-corrected chi connectivity index (χ4v) is 1.59. The van der Waals surface area contributed by atoms with E-state index in [4.69, 9.17) is 17.3 Å². The molecule has 0 fully saturated rings. The Labute approximate surface area is 92.3 Å². The van der Waals surface area contributed by atoms with Gasteiger partial charge in [0.15, 0.2) is 0 Å². The average molecular weight is 234 g/mol. The summed E-state index contributed by atoms with van der Waals surface area (Å²) in [5, 5.41) is 19.2. The summed E-state index contributed by atoms with van der Waals surface area (Å²) < 4.78 is 13.3. The fraction of sp³-hybridized carbons (Fsp3) is 0.400. The van der Waals surface area contributed by atoms with E-state index in [1.165, 1.54) is 18.2 Å². The van der Waals surface area contributed by atoms with E-state index < -0.39 is 18.0 Å². The Morgan fingerprint density at radius 2 is 2.07 bits per heavy atom. The zero-order valence-electron chi connectivity index (χ0n) is 8.03. The van der Waals surface area contributed by atoms with Crippen molar-refractivity contribution in [1.82, 2.24) is 0 Å². The molecule has 0 aliphatic heterocycles. The van der Waals surface area contributed by atoms with Gasteiger partial charge in [-0.05, 0) is 25.1 Å². The molecule has 84 valence electrons. The van der Waals surface area contributed by atoms with Crippen LogP contribution in [0.5, 0.6) is 0 Å². The summed E-state index contributed by atoms with van der Waals surface area (Å²) in [4.78, 5) is 0. The maximum absolute atomic E-state index is 13.3. The van der Waals surface area contributed by atoms with Crippen LogP contribution in [0.4, 0.5) is 4.39 Å². The number of halogens is 2. The highest BCUT2D eigenvalue weighted by Gasteiger charge is 2.23. The third-order valence-corrected chi connectivity index (χ3v) is 2.45. The van der Waals surface area contributed by atoms with E-state index in [9.17, 15) is 14.6 Å². The summed E-state index contributed by atoms with van der Waals surface area (Å²) in [5.74, 6) is -0.633. The van der Waals surface area contributed by atoms with Crippen molar-refractivity contribution in [2.75, 3.05) is 6.54 Å². The first kappa shape index (κ1) is 12.4. The van der Waals surface area contributed by atoms with Crippen molar-refractivity contribution < 1.29 is 14.6 Å². The van der Waals surface area contributed by atoms with E-state index in [0.717, 1.165) is 0 Å². The Bertz CT molecular complexity index is 315. The van der Waals surface area contributed by atoms with Crippen LogP contribution in [-0.4, -0.2) is 22.9 Å². The molecule has 1 aromatic carbocycles. The lowest BCUT2D eigenvalue weighted by Crippen LogP contribution is -2.22. The van der Waals surface area contributed by atoms with Gasteiger partial charge in [-0.2, -0.15) is 0 Å². The van der Waals surface area contributed by atoms with Crippen LogP contribution in [0.25, 0.3) is 0 Å². The molecular formula is C10H13ClFNO2. The maximum Gasteiger partial charge on any atom is 0.130 e. The monoisotopic (exact) mass is 233 g/mol. The number of aliphatic hydroxyl groups is 2. The molecule has 1 rings (SSSR count). The molecule has 5 heteroatoms. The average Bonchev–Trinajstić information content (AvgIpc) is 2.17. The lowest BCUT2D eigenvalue weighted by Gasteiger charge is -2.18. The Balaban J connectivity index is 2.94. The van der Waals surface area contributed by atoms with Gasteiger partial charge in [0.1, 0.15) is 11.9 Å².